The van der Waals surface area contributed by atoms with E-state index in [9.17, 15) is 4.79 Å². The van der Waals surface area contributed by atoms with E-state index >= 15 is 0 Å². The van der Waals surface area contributed by atoms with Crippen molar-refractivity contribution in [3.8, 4) is 28.4 Å². The van der Waals surface area contributed by atoms with Gasteiger partial charge in [-0.15, -0.1) is 0 Å². The molecule has 0 bridgehead atoms. The molecule has 2 rings (SSSR count). The Kier molecular flexibility index (Phi) is 4.48. The van der Waals surface area contributed by atoms with Gasteiger partial charge in [-0.3, -0.25) is 4.79 Å². The molecule has 21 heavy (non-hydrogen) atoms. The van der Waals surface area contributed by atoms with Crippen molar-refractivity contribution in [3.63, 3.8) is 0 Å². The van der Waals surface area contributed by atoms with Gasteiger partial charge in [0, 0.05) is 5.56 Å². The Hall–Kier alpha value is -2.49. The highest BCUT2D eigenvalue weighted by molar-refractivity contribution is 5.78. The maximum Gasteiger partial charge on any atom is 0.203 e. The zero-order chi connectivity index (χ0) is 15.4. The topological polar surface area (TPSA) is 44.8 Å². The van der Waals surface area contributed by atoms with E-state index < -0.39 is 0 Å². The van der Waals surface area contributed by atoms with E-state index in [0.717, 1.165) is 16.7 Å². The Morgan fingerprint density at radius 2 is 1.33 bits per heavy atom. The molecule has 4 heteroatoms. The Morgan fingerprint density at radius 1 is 0.714 bits per heavy atom. The molecule has 0 aliphatic carbocycles. The molecule has 0 amide bonds. The summed E-state index contributed by atoms with van der Waals surface area (Å²) in [5.74, 6) is 1.71. The fourth-order valence-corrected chi connectivity index (χ4v) is 2.26. The molecule has 0 saturated carbocycles. The fraction of sp³-hybridized carbons (Fsp3) is 0.235. The van der Waals surface area contributed by atoms with Crippen molar-refractivity contribution in [2.75, 3.05) is 21.3 Å². The molecule has 110 valence electrons. The molecule has 0 aromatic heterocycles. The van der Waals surface area contributed by atoms with E-state index in [0.29, 0.717) is 17.2 Å². The van der Waals surface area contributed by atoms with Crippen molar-refractivity contribution in [1.29, 1.82) is 0 Å². The van der Waals surface area contributed by atoms with E-state index in [1.807, 2.05) is 19.1 Å². The van der Waals surface area contributed by atoms with Crippen LogP contribution in [0, 0.1) is 6.92 Å². The van der Waals surface area contributed by atoms with Crippen LogP contribution in [0.15, 0.2) is 41.2 Å². The van der Waals surface area contributed by atoms with Crippen LogP contribution < -0.4 is 19.6 Å². The van der Waals surface area contributed by atoms with Crippen LogP contribution in [-0.2, 0) is 0 Å². The summed E-state index contributed by atoms with van der Waals surface area (Å²) in [5, 5.41) is 0. The Bertz CT molecular complexity index is 708. The van der Waals surface area contributed by atoms with Gasteiger partial charge < -0.3 is 14.2 Å². The van der Waals surface area contributed by atoms with Gasteiger partial charge >= 0.3 is 0 Å². The molecular formula is C17H18O4. The van der Waals surface area contributed by atoms with Crippen molar-refractivity contribution in [2.45, 2.75) is 6.92 Å². The van der Waals surface area contributed by atoms with Crippen LogP contribution in [0.4, 0.5) is 0 Å². The van der Waals surface area contributed by atoms with E-state index in [4.69, 9.17) is 14.2 Å². The van der Waals surface area contributed by atoms with E-state index in [1.165, 1.54) is 0 Å². The van der Waals surface area contributed by atoms with Gasteiger partial charge in [-0.1, -0.05) is 12.1 Å². The summed E-state index contributed by atoms with van der Waals surface area (Å²) >= 11 is 0. The zero-order valence-corrected chi connectivity index (χ0v) is 12.6. The van der Waals surface area contributed by atoms with Gasteiger partial charge in [0.25, 0.3) is 0 Å². The lowest BCUT2D eigenvalue weighted by Gasteiger charge is -2.16. The van der Waals surface area contributed by atoms with Crippen LogP contribution >= 0.6 is 0 Å². The maximum atomic E-state index is 11.5. The summed E-state index contributed by atoms with van der Waals surface area (Å²) in [6.45, 7) is 1.95. The largest absolute Gasteiger partial charge is 0.493 e. The molecule has 0 aliphatic rings. The number of benzene rings is 1. The lowest BCUT2D eigenvalue weighted by atomic mass is 10.0. The quantitative estimate of drug-likeness (QED) is 0.866. The van der Waals surface area contributed by atoms with Gasteiger partial charge in [0.15, 0.2) is 16.9 Å². The monoisotopic (exact) mass is 286 g/mol. The average molecular weight is 286 g/mol. The van der Waals surface area contributed by atoms with Gasteiger partial charge in [0.2, 0.25) is 5.75 Å². The summed E-state index contributed by atoms with van der Waals surface area (Å²) in [4.78, 5) is 11.5. The Morgan fingerprint density at radius 3 is 1.95 bits per heavy atom. The normalized spacial score (nSPS) is 10.1. The number of rotatable bonds is 4. The van der Waals surface area contributed by atoms with Crippen LogP contribution in [-0.4, -0.2) is 21.3 Å². The van der Waals surface area contributed by atoms with Crippen molar-refractivity contribution in [3.05, 3.63) is 52.2 Å². The highest BCUT2D eigenvalue weighted by atomic mass is 16.5. The third-order valence-electron chi connectivity index (χ3n) is 3.33. The third-order valence-corrected chi connectivity index (χ3v) is 3.33. The molecule has 4 nitrogen and oxygen atoms in total. The first-order chi connectivity index (χ1) is 10.1. The molecule has 0 aliphatic heterocycles. The lowest BCUT2D eigenvalue weighted by molar-refractivity contribution is 0.325. The van der Waals surface area contributed by atoms with Crippen LogP contribution in [0.3, 0.4) is 0 Å². The minimum absolute atomic E-state index is 0.0382. The molecule has 0 heterocycles. The minimum Gasteiger partial charge on any atom is -0.493 e. The summed E-state index contributed by atoms with van der Waals surface area (Å²) < 4.78 is 16.2. The zero-order valence-electron chi connectivity index (χ0n) is 12.6. The van der Waals surface area contributed by atoms with Crippen LogP contribution in [0.2, 0.25) is 0 Å². The fourth-order valence-electron chi connectivity index (χ4n) is 2.26. The molecule has 0 spiro atoms. The number of ether oxygens (including phenoxy) is 3. The predicted octanol–water partition coefficient (Wildman–Crippen LogP) is 3.05. The molecule has 0 unspecified atom stereocenters. The van der Waals surface area contributed by atoms with Crippen LogP contribution in [0.5, 0.6) is 17.2 Å². The first kappa shape index (κ1) is 14.9. The molecule has 0 atom stereocenters. The van der Waals surface area contributed by atoms with E-state index in [-0.39, 0.29) is 5.43 Å². The van der Waals surface area contributed by atoms with Gasteiger partial charge in [0.1, 0.15) is 0 Å². The highest BCUT2D eigenvalue weighted by Crippen LogP contribution is 2.44. The van der Waals surface area contributed by atoms with Crippen LogP contribution in [0.1, 0.15) is 5.56 Å². The number of methoxy groups -OCH3 is 3. The van der Waals surface area contributed by atoms with E-state index in [2.05, 4.69) is 0 Å². The molecule has 2 aromatic carbocycles. The Balaban J connectivity index is 2.76. The lowest BCUT2D eigenvalue weighted by Crippen LogP contribution is -1.97. The van der Waals surface area contributed by atoms with Crippen molar-refractivity contribution in [2.24, 2.45) is 0 Å². The molecule has 0 saturated heterocycles. The number of hydrogen-bond donors (Lipinski definition) is 0. The van der Waals surface area contributed by atoms with Crippen molar-refractivity contribution < 1.29 is 14.2 Å². The third kappa shape index (κ3) is 2.84. The SMILES string of the molecule is COc1ccc(-c2ccc(=O)ccc2C)c(OC)c1OC. The first-order valence-electron chi connectivity index (χ1n) is 6.52. The molecule has 0 radical (unpaired) electrons. The molecular weight excluding hydrogens is 268 g/mol. The highest BCUT2D eigenvalue weighted by Gasteiger charge is 2.17. The first-order valence-corrected chi connectivity index (χ1v) is 6.52. The van der Waals surface area contributed by atoms with Gasteiger partial charge in [0.05, 0.1) is 21.3 Å². The summed E-state index contributed by atoms with van der Waals surface area (Å²) in [6, 6.07) is 10.4. The van der Waals surface area contributed by atoms with E-state index in [1.54, 1.807) is 45.6 Å². The second-order valence-electron chi connectivity index (χ2n) is 4.55. The minimum atomic E-state index is -0.0382. The predicted molar refractivity (Wildman–Crippen MR) is 82.5 cm³/mol. The molecule has 0 fully saturated rings. The second kappa shape index (κ2) is 6.31. The number of aryl methyl sites for hydroxylation is 1. The summed E-state index contributed by atoms with van der Waals surface area (Å²) in [7, 11) is 4.73. The summed E-state index contributed by atoms with van der Waals surface area (Å²) in [5.41, 5.74) is 2.70. The van der Waals surface area contributed by atoms with Crippen molar-refractivity contribution in [1.82, 2.24) is 0 Å². The van der Waals surface area contributed by atoms with Gasteiger partial charge in [-0.05, 0) is 42.3 Å². The smallest absolute Gasteiger partial charge is 0.203 e. The standard InChI is InChI=1S/C17H18O4/c1-11-5-6-12(18)7-8-13(11)14-9-10-15(19-2)17(21-4)16(14)20-3/h5-10H,1-4H3. The van der Waals surface area contributed by atoms with Gasteiger partial charge in [-0.25, -0.2) is 0 Å². The Labute approximate surface area is 123 Å². The second-order valence-corrected chi connectivity index (χ2v) is 4.55. The number of hydrogen-bond acceptors (Lipinski definition) is 4. The maximum absolute atomic E-state index is 11.5. The summed E-state index contributed by atoms with van der Waals surface area (Å²) in [6.07, 6.45) is 0. The van der Waals surface area contributed by atoms with Gasteiger partial charge in [-0.2, -0.15) is 0 Å². The molecule has 2 aromatic rings. The van der Waals surface area contributed by atoms with Crippen LogP contribution in [0.25, 0.3) is 11.1 Å². The van der Waals surface area contributed by atoms with Crippen molar-refractivity contribution >= 4 is 0 Å². The molecule has 0 N–H and O–H groups in total. The average Bonchev–Trinajstić information content (AvgIpc) is 2.67.